The fourth-order valence-corrected chi connectivity index (χ4v) is 4.24. The highest BCUT2D eigenvalue weighted by Crippen LogP contribution is 2.15. The number of amides is 2. The molecule has 0 aliphatic heterocycles. The summed E-state index contributed by atoms with van der Waals surface area (Å²) < 4.78 is 27.0. The standard InChI is InChI=1S/C24H21N5O5S/c1-28(2)35(33,34)19-7-5-6-17(14-19)23(31)27-26-22(30)16-10-12-18(13-11-16)29-15-25-21-9-4-3-8-20(21)24(29)32/h3-15H,1-2H3,(H,26,30)(H,27,31). The maximum Gasteiger partial charge on any atom is 0.269 e. The third-order valence-electron chi connectivity index (χ3n) is 5.24. The number of nitrogens with one attached hydrogen (secondary N) is 2. The van der Waals surface area contributed by atoms with Crippen molar-refractivity contribution >= 4 is 32.7 Å². The van der Waals surface area contributed by atoms with Gasteiger partial charge < -0.3 is 0 Å². The lowest BCUT2D eigenvalue weighted by molar-refractivity contribution is 0.0846. The number of hydrogen-bond donors (Lipinski definition) is 2. The molecule has 0 aliphatic carbocycles. The van der Waals surface area contributed by atoms with Gasteiger partial charge in [-0.15, -0.1) is 0 Å². The molecule has 0 saturated heterocycles. The van der Waals surface area contributed by atoms with E-state index >= 15 is 0 Å². The van der Waals surface area contributed by atoms with Gasteiger partial charge in [0.15, 0.2) is 0 Å². The van der Waals surface area contributed by atoms with Crippen LogP contribution in [0.1, 0.15) is 20.7 Å². The van der Waals surface area contributed by atoms with E-state index in [2.05, 4.69) is 15.8 Å². The van der Waals surface area contributed by atoms with Gasteiger partial charge in [-0.1, -0.05) is 18.2 Å². The van der Waals surface area contributed by atoms with Crippen LogP contribution in [0.15, 0.2) is 88.8 Å². The molecule has 0 spiro atoms. The predicted octanol–water partition coefficient (Wildman–Crippen LogP) is 1.71. The zero-order chi connectivity index (χ0) is 25.2. The second-order valence-corrected chi connectivity index (χ2v) is 9.86. The van der Waals surface area contributed by atoms with Crippen molar-refractivity contribution in [2.45, 2.75) is 4.90 Å². The fourth-order valence-electron chi connectivity index (χ4n) is 3.29. The molecular weight excluding hydrogens is 470 g/mol. The van der Waals surface area contributed by atoms with Crippen LogP contribution in [-0.4, -0.2) is 48.2 Å². The minimum Gasteiger partial charge on any atom is -0.268 e. The molecule has 0 saturated carbocycles. The predicted molar refractivity (Wildman–Crippen MR) is 130 cm³/mol. The first-order chi connectivity index (χ1) is 16.7. The van der Waals surface area contributed by atoms with Crippen LogP contribution in [0.2, 0.25) is 0 Å². The van der Waals surface area contributed by atoms with Crippen LogP contribution in [0.25, 0.3) is 16.6 Å². The van der Waals surface area contributed by atoms with E-state index in [1.807, 2.05) is 0 Å². The minimum atomic E-state index is -3.71. The molecule has 1 aromatic heterocycles. The summed E-state index contributed by atoms with van der Waals surface area (Å²) >= 11 is 0. The maximum atomic E-state index is 12.7. The third kappa shape index (κ3) is 4.81. The van der Waals surface area contributed by atoms with Crippen molar-refractivity contribution in [3.05, 3.63) is 101 Å². The molecule has 4 aromatic rings. The van der Waals surface area contributed by atoms with Crippen LogP contribution < -0.4 is 16.4 Å². The van der Waals surface area contributed by atoms with E-state index in [0.29, 0.717) is 16.6 Å². The van der Waals surface area contributed by atoms with E-state index in [1.54, 1.807) is 36.4 Å². The maximum absolute atomic E-state index is 12.7. The van der Waals surface area contributed by atoms with Gasteiger partial charge in [0.2, 0.25) is 10.0 Å². The minimum absolute atomic E-state index is 0.0458. The average molecular weight is 492 g/mol. The van der Waals surface area contributed by atoms with Crippen LogP contribution >= 0.6 is 0 Å². The van der Waals surface area contributed by atoms with E-state index in [9.17, 15) is 22.8 Å². The molecule has 4 rings (SSSR count). The Morgan fingerprint density at radius 2 is 1.51 bits per heavy atom. The number of nitrogens with zero attached hydrogens (tertiary/aromatic N) is 3. The summed E-state index contributed by atoms with van der Waals surface area (Å²) in [6.07, 6.45) is 1.42. The quantitative estimate of drug-likeness (QED) is 0.409. The highest BCUT2D eigenvalue weighted by Gasteiger charge is 2.19. The number of carbonyl (C=O) groups excluding carboxylic acids is 2. The van der Waals surface area contributed by atoms with Gasteiger partial charge >= 0.3 is 0 Å². The van der Waals surface area contributed by atoms with Gasteiger partial charge in [0.25, 0.3) is 17.4 Å². The van der Waals surface area contributed by atoms with E-state index < -0.39 is 21.8 Å². The molecule has 0 aliphatic rings. The number of hydrazine groups is 1. The Labute approximate surface area is 200 Å². The molecule has 0 atom stereocenters. The van der Waals surface area contributed by atoms with E-state index in [4.69, 9.17) is 0 Å². The van der Waals surface area contributed by atoms with Crippen molar-refractivity contribution in [3.8, 4) is 5.69 Å². The van der Waals surface area contributed by atoms with Crippen LogP contribution in [0.3, 0.4) is 0 Å². The van der Waals surface area contributed by atoms with Crippen LogP contribution in [-0.2, 0) is 10.0 Å². The van der Waals surface area contributed by atoms with Crippen molar-refractivity contribution in [2.75, 3.05) is 14.1 Å². The Morgan fingerprint density at radius 3 is 2.20 bits per heavy atom. The lowest BCUT2D eigenvalue weighted by Crippen LogP contribution is -2.41. The van der Waals surface area contributed by atoms with Gasteiger partial charge in [0.05, 0.1) is 21.5 Å². The summed E-state index contributed by atoms with van der Waals surface area (Å²) in [5, 5.41) is 0.474. The van der Waals surface area contributed by atoms with Crippen molar-refractivity contribution in [1.82, 2.24) is 24.7 Å². The Hall–Kier alpha value is -4.35. The normalized spacial score (nSPS) is 11.4. The summed E-state index contributed by atoms with van der Waals surface area (Å²) in [5.41, 5.74) is 5.73. The SMILES string of the molecule is CN(C)S(=O)(=O)c1cccc(C(=O)NNC(=O)c2ccc(-n3cnc4ccccc4c3=O)cc2)c1. The summed E-state index contributed by atoms with van der Waals surface area (Å²) in [4.78, 5) is 41.9. The molecule has 1 heterocycles. The lowest BCUT2D eigenvalue weighted by atomic mass is 10.2. The number of aromatic nitrogens is 2. The first-order valence-electron chi connectivity index (χ1n) is 10.4. The number of benzene rings is 3. The van der Waals surface area contributed by atoms with E-state index in [-0.39, 0.29) is 21.6 Å². The molecule has 10 nitrogen and oxygen atoms in total. The Balaban J connectivity index is 1.46. The van der Waals surface area contributed by atoms with Crippen molar-refractivity contribution in [1.29, 1.82) is 0 Å². The van der Waals surface area contributed by atoms with Crippen molar-refractivity contribution < 1.29 is 18.0 Å². The molecule has 3 aromatic carbocycles. The Bertz CT molecular complexity index is 1590. The first kappa shape index (κ1) is 23.8. The molecule has 35 heavy (non-hydrogen) atoms. The molecule has 11 heteroatoms. The highest BCUT2D eigenvalue weighted by atomic mass is 32.2. The van der Waals surface area contributed by atoms with Gasteiger partial charge in [0.1, 0.15) is 6.33 Å². The van der Waals surface area contributed by atoms with Gasteiger partial charge in [-0.25, -0.2) is 17.7 Å². The summed E-state index contributed by atoms with van der Waals surface area (Å²) in [6, 6.07) is 18.7. The molecule has 2 N–H and O–H groups in total. The monoisotopic (exact) mass is 491 g/mol. The third-order valence-corrected chi connectivity index (χ3v) is 7.05. The van der Waals surface area contributed by atoms with Crippen LogP contribution in [0, 0.1) is 0 Å². The number of hydrogen-bond acceptors (Lipinski definition) is 6. The van der Waals surface area contributed by atoms with Crippen LogP contribution in [0.4, 0.5) is 0 Å². The molecule has 0 unspecified atom stereocenters. The van der Waals surface area contributed by atoms with Gasteiger partial charge in [0, 0.05) is 25.2 Å². The summed E-state index contributed by atoms with van der Waals surface area (Å²) in [5.74, 6) is -1.27. The average Bonchev–Trinajstić information content (AvgIpc) is 2.87. The number of para-hydroxylation sites is 1. The van der Waals surface area contributed by atoms with E-state index in [1.165, 1.54) is 61.4 Å². The Morgan fingerprint density at radius 1 is 0.857 bits per heavy atom. The molecular formula is C24H21N5O5S. The summed E-state index contributed by atoms with van der Waals surface area (Å²) in [7, 11) is -0.934. The lowest BCUT2D eigenvalue weighted by Gasteiger charge is -2.12. The smallest absolute Gasteiger partial charge is 0.268 e. The first-order valence-corrected chi connectivity index (χ1v) is 11.8. The molecule has 0 bridgehead atoms. The highest BCUT2D eigenvalue weighted by molar-refractivity contribution is 7.89. The number of rotatable bonds is 5. The molecule has 0 radical (unpaired) electrons. The molecule has 2 amide bonds. The zero-order valence-corrected chi connectivity index (χ0v) is 19.6. The van der Waals surface area contributed by atoms with Gasteiger partial charge in [-0.3, -0.25) is 29.8 Å². The second kappa shape index (κ2) is 9.49. The summed E-state index contributed by atoms with van der Waals surface area (Å²) in [6.45, 7) is 0. The topological polar surface area (TPSA) is 130 Å². The van der Waals surface area contributed by atoms with Gasteiger partial charge in [-0.2, -0.15) is 0 Å². The number of sulfonamides is 1. The van der Waals surface area contributed by atoms with E-state index in [0.717, 1.165) is 4.31 Å². The number of fused-ring (bicyclic) bond motifs is 1. The second-order valence-electron chi connectivity index (χ2n) is 7.71. The molecule has 178 valence electrons. The van der Waals surface area contributed by atoms with Gasteiger partial charge in [-0.05, 0) is 54.6 Å². The largest absolute Gasteiger partial charge is 0.269 e. The Kier molecular flexibility index (Phi) is 6.45. The molecule has 0 fully saturated rings. The van der Waals surface area contributed by atoms with Crippen LogP contribution in [0.5, 0.6) is 0 Å². The van der Waals surface area contributed by atoms with Crippen molar-refractivity contribution in [2.24, 2.45) is 0 Å². The zero-order valence-electron chi connectivity index (χ0n) is 18.8. The number of carbonyl (C=O) groups is 2. The fraction of sp³-hybridized carbons (Fsp3) is 0.0833. The van der Waals surface area contributed by atoms with Crippen molar-refractivity contribution in [3.63, 3.8) is 0 Å².